The maximum Gasteiger partial charge on any atom is 0.223 e. The van der Waals surface area contributed by atoms with Gasteiger partial charge >= 0.3 is 0 Å². The van der Waals surface area contributed by atoms with E-state index >= 15 is 0 Å². The van der Waals surface area contributed by atoms with Crippen LogP contribution in [-0.4, -0.2) is 15.8 Å². The minimum absolute atomic E-state index is 0.110. The zero-order valence-electron chi connectivity index (χ0n) is 15.0. The molecule has 1 aliphatic heterocycles. The number of nitrogens with zero attached hydrogens (tertiary/aromatic N) is 2. The first kappa shape index (κ1) is 18.4. The van der Waals surface area contributed by atoms with Gasteiger partial charge < -0.3 is 4.90 Å². The highest BCUT2D eigenvalue weighted by molar-refractivity contribution is 9.10. The molecule has 4 rings (SSSR count). The molecule has 0 N–H and O–H groups in total. The van der Waals surface area contributed by atoms with Crippen molar-refractivity contribution in [3.63, 3.8) is 0 Å². The number of aromatic nitrogens is 1. The van der Waals surface area contributed by atoms with E-state index in [1.54, 1.807) is 11.3 Å². The zero-order chi connectivity index (χ0) is 18.6. The fourth-order valence-corrected chi connectivity index (χ4v) is 4.90. The summed E-state index contributed by atoms with van der Waals surface area (Å²) in [6.07, 6.45) is 5.50. The Kier molecular flexibility index (Phi) is 5.69. The number of benzene rings is 2. The van der Waals surface area contributed by atoms with Crippen molar-refractivity contribution in [3.05, 3.63) is 75.7 Å². The predicted molar refractivity (Wildman–Crippen MR) is 113 cm³/mol. The molecule has 1 aromatic heterocycles. The van der Waals surface area contributed by atoms with Gasteiger partial charge in [0, 0.05) is 34.6 Å². The van der Waals surface area contributed by atoms with Gasteiger partial charge in [-0.05, 0) is 36.1 Å². The lowest BCUT2D eigenvalue weighted by molar-refractivity contribution is -0.133. The van der Waals surface area contributed by atoms with Gasteiger partial charge in [-0.15, -0.1) is 11.3 Å². The fourth-order valence-electron chi connectivity index (χ4n) is 3.72. The third-order valence-electron chi connectivity index (χ3n) is 5.04. The van der Waals surface area contributed by atoms with Gasteiger partial charge in [0.05, 0.1) is 6.04 Å². The molecule has 3 aromatic rings. The number of rotatable bonds is 4. The van der Waals surface area contributed by atoms with Crippen LogP contribution in [0.25, 0.3) is 10.6 Å². The topological polar surface area (TPSA) is 33.2 Å². The monoisotopic (exact) mass is 440 g/mol. The predicted octanol–water partition coefficient (Wildman–Crippen LogP) is 6.22. The Bertz CT molecular complexity index is 926. The number of amides is 1. The van der Waals surface area contributed by atoms with Gasteiger partial charge in [-0.2, -0.15) is 0 Å². The number of thiazole rings is 1. The molecule has 0 saturated carbocycles. The van der Waals surface area contributed by atoms with Crippen LogP contribution >= 0.6 is 27.3 Å². The Morgan fingerprint density at radius 1 is 1.15 bits per heavy atom. The van der Waals surface area contributed by atoms with Crippen molar-refractivity contribution in [2.24, 2.45) is 0 Å². The van der Waals surface area contributed by atoms with E-state index in [1.807, 2.05) is 17.6 Å². The largest absolute Gasteiger partial charge is 0.331 e. The highest BCUT2D eigenvalue weighted by atomic mass is 79.9. The van der Waals surface area contributed by atoms with Crippen LogP contribution in [0.2, 0.25) is 0 Å². The summed E-state index contributed by atoms with van der Waals surface area (Å²) in [7, 11) is 0. The van der Waals surface area contributed by atoms with E-state index in [0.717, 1.165) is 39.9 Å². The molecule has 3 nitrogen and oxygen atoms in total. The van der Waals surface area contributed by atoms with Crippen LogP contribution in [0, 0.1) is 0 Å². The molecule has 1 saturated heterocycles. The average molecular weight is 441 g/mol. The van der Waals surface area contributed by atoms with Crippen LogP contribution in [0.4, 0.5) is 0 Å². The molecule has 0 spiro atoms. The highest BCUT2D eigenvalue weighted by Gasteiger charge is 2.28. The van der Waals surface area contributed by atoms with E-state index in [-0.39, 0.29) is 11.9 Å². The standard InChI is InChI=1S/C22H21BrN2OS/c23-19-9-2-1-8-18(19)20-10-3-4-11-21(26)25(20)15-16-6-5-7-17(14-16)22-24-12-13-27-22/h1-2,5-9,12-14,20H,3-4,10-11,15H2. The Morgan fingerprint density at radius 2 is 2.04 bits per heavy atom. The third kappa shape index (κ3) is 4.14. The molecule has 0 bridgehead atoms. The molecule has 138 valence electrons. The summed E-state index contributed by atoms with van der Waals surface area (Å²) < 4.78 is 1.08. The lowest BCUT2D eigenvalue weighted by atomic mass is 10.00. The van der Waals surface area contributed by atoms with Gasteiger partial charge in [0.25, 0.3) is 0 Å². The van der Waals surface area contributed by atoms with Gasteiger partial charge in [0.1, 0.15) is 5.01 Å². The van der Waals surface area contributed by atoms with Gasteiger partial charge in [0.2, 0.25) is 5.91 Å². The molecular weight excluding hydrogens is 420 g/mol. The molecule has 1 amide bonds. The van der Waals surface area contributed by atoms with Crippen molar-refractivity contribution in [3.8, 4) is 10.6 Å². The van der Waals surface area contributed by atoms with E-state index < -0.39 is 0 Å². The molecule has 2 heterocycles. The number of carbonyl (C=O) groups excluding carboxylic acids is 1. The van der Waals surface area contributed by atoms with Gasteiger partial charge in [-0.3, -0.25) is 4.79 Å². The molecule has 0 aliphatic carbocycles. The third-order valence-corrected chi connectivity index (χ3v) is 6.58. The van der Waals surface area contributed by atoms with Gasteiger partial charge in [-0.25, -0.2) is 4.98 Å². The molecule has 1 fully saturated rings. The van der Waals surface area contributed by atoms with Gasteiger partial charge in [-0.1, -0.05) is 58.7 Å². The van der Waals surface area contributed by atoms with Crippen molar-refractivity contribution in [1.82, 2.24) is 9.88 Å². The number of halogens is 1. The van der Waals surface area contributed by atoms with Crippen LogP contribution in [0.1, 0.15) is 42.9 Å². The first-order chi connectivity index (χ1) is 13.2. The summed E-state index contributed by atoms with van der Waals surface area (Å²) in [6, 6.07) is 16.8. The fraction of sp³-hybridized carbons (Fsp3) is 0.273. The van der Waals surface area contributed by atoms with E-state index in [9.17, 15) is 4.79 Å². The average Bonchev–Trinajstić information content (AvgIpc) is 3.16. The zero-order valence-corrected chi connectivity index (χ0v) is 17.4. The summed E-state index contributed by atoms with van der Waals surface area (Å²) in [4.78, 5) is 19.4. The second kappa shape index (κ2) is 8.36. The van der Waals surface area contributed by atoms with Crippen LogP contribution < -0.4 is 0 Å². The van der Waals surface area contributed by atoms with E-state index in [0.29, 0.717) is 13.0 Å². The molecule has 1 aliphatic rings. The van der Waals surface area contributed by atoms with E-state index in [1.165, 1.54) is 5.56 Å². The smallest absolute Gasteiger partial charge is 0.223 e. The quantitative estimate of drug-likeness (QED) is 0.482. The number of carbonyl (C=O) groups is 1. The SMILES string of the molecule is O=C1CCCCC(c2ccccc2Br)N1Cc1cccc(-c2nccs2)c1. The molecule has 5 heteroatoms. The molecule has 2 aromatic carbocycles. The summed E-state index contributed by atoms with van der Waals surface area (Å²) >= 11 is 5.32. The minimum Gasteiger partial charge on any atom is -0.331 e. The van der Waals surface area contributed by atoms with Crippen LogP contribution in [0.3, 0.4) is 0 Å². The molecular formula is C22H21BrN2OS. The maximum absolute atomic E-state index is 12.9. The second-order valence-corrected chi connectivity index (χ2v) is 8.59. The molecule has 27 heavy (non-hydrogen) atoms. The Morgan fingerprint density at radius 3 is 2.85 bits per heavy atom. The van der Waals surface area contributed by atoms with Gasteiger partial charge in [0.15, 0.2) is 0 Å². The Labute approximate surface area is 172 Å². The van der Waals surface area contributed by atoms with Crippen molar-refractivity contribution in [2.45, 2.75) is 38.3 Å². The Balaban J connectivity index is 1.66. The van der Waals surface area contributed by atoms with E-state index in [4.69, 9.17) is 0 Å². The summed E-state index contributed by atoms with van der Waals surface area (Å²) in [5.41, 5.74) is 3.46. The maximum atomic E-state index is 12.9. The number of hydrogen-bond donors (Lipinski definition) is 0. The van der Waals surface area contributed by atoms with Crippen molar-refractivity contribution in [2.75, 3.05) is 0 Å². The molecule has 1 unspecified atom stereocenters. The normalized spacial score (nSPS) is 17.7. The molecule has 1 atom stereocenters. The first-order valence-electron chi connectivity index (χ1n) is 9.25. The first-order valence-corrected chi connectivity index (χ1v) is 10.9. The van der Waals surface area contributed by atoms with Crippen molar-refractivity contribution in [1.29, 1.82) is 0 Å². The Hall–Kier alpha value is -1.98. The summed E-state index contributed by atoms with van der Waals surface area (Å²) in [5, 5.41) is 3.00. The minimum atomic E-state index is 0.110. The van der Waals surface area contributed by atoms with Crippen LogP contribution in [0.5, 0.6) is 0 Å². The van der Waals surface area contributed by atoms with Crippen LogP contribution in [0.15, 0.2) is 64.6 Å². The second-order valence-electron chi connectivity index (χ2n) is 6.84. The highest BCUT2D eigenvalue weighted by Crippen LogP contribution is 2.36. The summed E-state index contributed by atoms with van der Waals surface area (Å²) in [6.45, 7) is 0.629. The lowest BCUT2D eigenvalue weighted by Gasteiger charge is -2.31. The number of hydrogen-bond acceptors (Lipinski definition) is 3. The van der Waals surface area contributed by atoms with Crippen LogP contribution in [-0.2, 0) is 11.3 Å². The van der Waals surface area contributed by atoms with Crippen molar-refractivity contribution >= 4 is 33.2 Å². The number of likely N-dealkylation sites (tertiary alicyclic amines) is 1. The van der Waals surface area contributed by atoms with Crippen molar-refractivity contribution < 1.29 is 4.79 Å². The summed E-state index contributed by atoms with van der Waals surface area (Å²) in [5.74, 6) is 0.243. The van der Waals surface area contributed by atoms with E-state index in [2.05, 4.69) is 68.3 Å². The molecule has 0 radical (unpaired) electrons. The lowest BCUT2D eigenvalue weighted by Crippen LogP contribution is -2.33.